The van der Waals surface area contributed by atoms with Crippen molar-refractivity contribution in [1.82, 2.24) is 14.9 Å². The van der Waals surface area contributed by atoms with Crippen LogP contribution in [0, 0.1) is 10.1 Å². The third kappa shape index (κ3) is 4.64. The first-order chi connectivity index (χ1) is 14.6. The molecule has 0 bridgehead atoms. The molecule has 1 fully saturated rings. The summed E-state index contributed by atoms with van der Waals surface area (Å²) in [4.78, 5) is 23.9. The van der Waals surface area contributed by atoms with E-state index in [1.54, 1.807) is 0 Å². The average Bonchev–Trinajstić information content (AvgIpc) is 2.76. The molecule has 0 spiro atoms. The Morgan fingerprint density at radius 2 is 1.60 bits per heavy atom. The fourth-order valence-corrected chi connectivity index (χ4v) is 3.27. The number of piperazine rings is 1. The number of anilines is 5. The Kier molecular flexibility index (Phi) is 5.71. The molecule has 3 aromatic rings. The van der Waals surface area contributed by atoms with Gasteiger partial charge in [0.05, 0.1) is 4.92 Å². The molecule has 154 valence electrons. The van der Waals surface area contributed by atoms with E-state index in [0.29, 0.717) is 5.69 Å². The molecule has 0 atom stereocenters. The summed E-state index contributed by atoms with van der Waals surface area (Å²) < 4.78 is 0. The number of nitro groups is 1. The van der Waals surface area contributed by atoms with Crippen LogP contribution in [-0.4, -0.2) is 53.0 Å². The topological polar surface area (TPSA) is 99.5 Å². The molecule has 0 saturated carbocycles. The largest absolute Gasteiger partial charge is 0.369 e. The van der Waals surface area contributed by atoms with Gasteiger partial charge >= 0.3 is 5.69 Å². The fourth-order valence-electron chi connectivity index (χ4n) is 3.27. The second-order valence-corrected chi connectivity index (χ2v) is 7.14. The lowest BCUT2D eigenvalue weighted by molar-refractivity contribution is -0.384. The molecule has 0 unspecified atom stereocenters. The Bertz CT molecular complexity index is 1000. The first kappa shape index (κ1) is 19.6. The Morgan fingerprint density at radius 3 is 2.27 bits per heavy atom. The van der Waals surface area contributed by atoms with Gasteiger partial charge in [-0.2, -0.15) is 4.98 Å². The molecule has 9 heteroatoms. The maximum Gasteiger partial charge on any atom is 0.329 e. The molecule has 2 heterocycles. The van der Waals surface area contributed by atoms with Crippen LogP contribution in [0.2, 0.25) is 0 Å². The lowest BCUT2D eigenvalue weighted by atomic mass is 10.2. The Hall–Kier alpha value is -3.72. The number of likely N-dealkylation sites (N-methyl/N-ethyl adjacent to an activating group) is 1. The third-order valence-corrected chi connectivity index (χ3v) is 4.99. The van der Waals surface area contributed by atoms with Crippen molar-refractivity contribution in [2.45, 2.75) is 0 Å². The van der Waals surface area contributed by atoms with Crippen LogP contribution < -0.4 is 15.5 Å². The van der Waals surface area contributed by atoms with E-state index >= 15 is 0 Å². The summed E-state index contributed by atoms with van der Waals surface area (Å²) in [6, 6.07) is 17.2. The van der Waals surface area contributed by atoms with Gasteiger partial charge in [0.1, 0.15) is 6.20 Å². The van der Waals surface area contributed by atoms with Gasteiger partial charge in [-0.25, -0.2) is 4.98 Å². The monoisotopic (exact) mass is 405 g/mol. The van der Waals surface area contributed by atoms with Crippen LogP contribution >= 0.6 is 0 Å². The van der Waals surface area contributed by atoms with E-state index in [-0.39, 0.29) is 17.5 Å². The molecule has 0 radical (unpaired) electrons. The molecule has 30 heavy (non-hydrogen) atoms. The second-order valence-electron chi connectivity index (χ2n) is 7.14. The van der Waals surface area contributed by atoms with Gasteiger partial charge in [0.2, 0.25) is 11.8 Å². The Balaban J connectivity index is 1.50. The number of hydrogen-bond acceptors (Lipinski definition) is 8. The lowest BCUT2D eigenvalue weighted by Gasteiger charge is -2.34. The number of aromatic nitrogens is 2. The van der Waals surface area contributed by atoms with Crippen molar-refractivity contribution in [3.63, 3.8) is 0 Å². The zero-order chi connectivity index (χ0) is 20.9. The third-order valence-electron chi connectivity index (χ3n) is 4.99. The highest BCUT2D eigenvalue weighted by atomic mass is 16.6. The summed E-state index contributed by atoms with van der Waals surface area (Å²) in [7, 11) is 2.13. The Morgan fingerprint density at radius 1 is 0.933 bits per heavy atom. The van der Waals surface area contributed by atoms with Crippen LogP contribution in [0.15, 0.2) is 60.8 Å². The molecular formula is C21H23N7O2. The van der Waals surface area contributed by atoms with Gasteiger partial charge in [-0.3, -0.25) is 10.1 Å². The quantitative estimate of drug-likeness (QED) is 0.474. The Labute approximate surface area is 174 Å². The van der Waals surface area contributed by atoms with Crippen LogP contribution in [0.5, 0.6) is 0 Å². The first-order valence-corrected chi connectivity index (χ1v) is 9.72. The number of hydrogen-bond donors (Lipinski definition) is 2. The zero-order valence-electron chi connectivity index (χ0n) is 16.7. The minimum Gasteiger partial charge on any atom is -0.369 e. The van der Waals surface area contributed by atoms with Crippen LogP contribution in [-0.2, 0) is 0 Å². The zero-order valence-corrected chi connectivity index (χ0v) is 16.7. The van der Waals surface area contributed by atoms with Crippen molar-refractivity contribution in [1.29, 1.82) is 0 Å². The molecule has 2 aromatic carbocycles. The molecule has 1 aliphatic heterocycles. The van der Waals surface area contributed by atoms with Gasteiger partial charge in [-0.15, -0.1) is 0 Å². The second kappa shape index (κ2) is 8.75. The molecule has 0 aliphatic carbocycles. The summed E-state index contributed by atoms with van der Waals surface area (Å²) in [6.45, 7) is 4.11. The summed E-state index contributed by atoms with van der Waals surface area (Å²) in [5, 5.41) is 17.5. The maximum absolute atomic E-state index is 11.3. The smallest absolute Gasteiger partial charge is 0.329 e. The fraction of sp³-hybridized carbons (Fsp3) is 0.238. The molecule has 1 aromatic heterocycles. The highest BCUT2D eigenvalue weighted by molar-refractivity contribution is 5.67. The van der Waals surface area contributed by atoms with Crippen LogP contribution in [0.3, 0.4) is 0 Å². The van der Waals surface area contributed by atoms with E-state index in [9.17, 15) is 10.1 Å². The SMILES string of the molecule is CN1CCN(c2ccc(Nc3ncc([N+](=O)[O-])c(Nc4ccccc4)n3)cc2)CC1. The summed E-state index contributed by atoms with van der Waals surface area (Å²) in [5.41, 5.74) is 2.51. The number of rotatable bonds is 6. The summed E-state index contributed by atoms with van der Waals surface area (Å²) in [5.74, 6) is 0.420. The van der Waals surface area contributed by atoms with Crippen molar-refractivity contribution in [3.05, 3.63) is 70.9 Å². The minimum atomic E-state index is -0.500. The van der Waals surface area contributed by atoms with Gasteiger partial charge < -0.3 is 20.4 Å². The van der Waals surface area contributed by atoms with Crippen molar-refractivity contribution >= 4 is 34.5 Å². The lowest BCUT2D eigenvalue weighted by Crippen LogP contribution is -2.44. The standard InChI is InChI=1S/C21H23N7O2/c1-26-11-13-27(14-12-26)18-9-7-17(8-10-18)24-21-22-15-19(28(29)30)20(25-21)23-16-5-3-2-4-6-16/h2-10,15H,11-14H2,1H3,(H2,22,23,24,25). The number of nitrogens with zero attached hydrogens (tertiary/aromatic N) is 5. The molecular weight excluding hydrogens is 382 g/mol. The van der Waals surface area contributed by atoms with E-state index in [2.05, 4.69) is 49.6 Å². The van der Waals surface area contributed by atoms with Crippen molar-refractivity contribution in [3.8, 4) is 0 Å². The molecule has 1 saturated heterocycles. The predicted molar refractivity (Wildman–Crippen MR) is 118 cm³/mol. The minimum absolute atomic E-state index is 0.137. The van der Waals surface area contributed by atoms with Crippen molar-refractivity contribution < 1.29 is 4.92 Å². The van der Waals surface area contributed by atoms with Crippen LogP contribution in [0.4, 0.5) is 34.5 Å². The summed E-state index contributed by atoms with van der Waals surface area (Å²) >= 11 is 0. The van der Waals surface area contributed by atoms with E-state index in [0.717, 1.165) is 31.9 Å². The van der Waals surface area contributed by atoms with Gasteiger partial charge in [-0.1, -0.05) is 18.2 Å². The van der Waals surface area contributed by atoms with Crippen molar-refractivity contribution in [2.75, 3.05) is 48.8 Å². The normalized spacial score (nSPS) is 14.4. The van der Waals surface area contributed by atoms with E-state index in [1.807, 2.05) is 42.5 Å². The number of benzene rings is 2. The van der Waals surface area contributed by atoms with Crippen molar-refractivity contribution in [2.24, 2.45) is 0 Å². The van der Waals surface area contributed by atoms with Gasteiger partial charge in [0, 0.05) is 43.2 Å². The molecule has 2 N–H and O–H groups in total. The highest BCUT2D eigenvalue weighted by Crippen LogP contribution is 2.27. The maximum atomic E-state index is 11.3. The average molecular weight is 405 g/mol. The van der Waals surface area contributed by atoms with Crippen LogP contribution in [0.25, 0.3) is 0 Å². The van der Waals surface area contributed by atoms with Gasteiger partial charge in [-0.05, 0) is 43.4 Å². The van der Waals surface area contributed by atoms with E-state index < -0.39 is 4.92 Å². The van der Waals surface area contributed by atoms with Crippen LogP contribution in [0.1, 0.15) is 0 Å². The van der Waals surface area contributed by atoms with Gasteiger partial charge in [0.15, 0.2) is 0 Å². The number of para-hydroxylation sites is 1. The van der Waals surface area contributed by atoms with E-state index in [1.165, 1.54) is 11.9 Å². The predicted octanol–water partition coefficient (Wildman–Crippen LogP) is 3.62. The molecule has 0 amide bonds. The van der Waals surface area contributed by atoms with E-state index in [4.69, 9.17) is 0 Å². The highest BCUT2D eigenvalue weighted by Gasteiger charge is 2.18. The first-order valence-electron chi connectivity index (χ1n) is 9.72. The molecule has 4 rings (SSSR count). The summed E-state index contributed by atoms with van der Waals surface area (Å²) in [6.07, 6.45) is 1.21. The number of nitrogens with one attached hydrogen (secondary N) is 2. The molecule has 9 nitrogen and oxygen atoms in total. The molecule has 1 aliphatic rings. The van der Waals surface area contributed by atoms with Gasteiger partial charge in [0.25, 0.3) is 0 Å².